The minimum atomic E-state index is 0.592. The molecule has 2 aliphatic rings. The summed E-state index contributed by atoms with van der Waals surface area (Å²) < 4.78 is 0. The summed E-state index contributed by atoms with van der Waals surface area (Å²) in [5.74, 6) is 0.767. The molecule has 3 atom stereocenters. The SMILES string of the molecule is c1cc(NC2CCCC2C2CCCCN2)c2[nH]ncc2c1. The number of rotatable bonds is 3. The van der Waals surface area contributed by atoms with Crippen molar-refractivity contribution in [2.24, 2.45) is 5.92 Å². The van der Waals surface area contributed by atoms with Gasteiger partial charge in [0, 0.05) is 17.5 Å². The van der Waals surface area contributed by atoms with Crippen LogP contribution in [0.3, 0.4) is 0 Å². The predicted octanol–water partition coefficient (Wildman–Crippen LogP) is 3.29. The van der Waals surface area contributed by atoms with Gasteiger partial charge >= 0.3 is 0 Å². The minimum absolute atomic E-state index is 0.592. The third kappa shape index (κ3) is 2.53. The van der Waals surface area contributed by atoms with Crippen molar-refractivity contribution in [2.45, 2.75) is 50.6 Å². The van der Waals surface area contributed by atoms with Gasteiger partial charge in [-0.2, -0.15) is 5.10 Å². The van der Waals surface area contributed by atoms with Crippen LogP contribution in [-0.4, -0.2) is 28.8 Å². The lowest BCUT2D eigenvalue weighted by molar-refractivity contribution is 0.286. The summed E-state index contributed by atoms with van der Waals surface area (Å²) in [4.78, 5) is 0. The molecule has 1 aromatic carbocycles. The molecule has 4 heteroatoms. The number of hydrogen-bond donors (Lipinski definition) is 3. The summed E-state index contributed by atoms with van der Waals surface area (Å²) >= 11 is 0. The summed E-state index contributed by atoms with van der Waals surface area (Å²) in [5.41, 5.74) is 2.34. The van der Waals surface area contributed by atoms with E-state index in [1.165, 1.54) is 56.1 Å². The standard InChI is InChI=1S/C17H24N4/c1-2-10-18-14(7-1)13-6-4-8-15(13)20-16-9-3-5-12-11-19-21-17(12)16/h3,5,9,11,13-15,18,20H,1-2,4,6-8,10H2,(H,19,21). The molecule has 1 aliphatic carbocycles. The molecule has 112 valence electrons. The first-order chi connectivity index (χ1) is 10.4. The van der Waals surface area contributed by atoms with Crippen LogP contribution in [-0.2, 0) is 0 Å². The number of H-pyrrole nitrogens is 1. The molecular weight excluding hydrogens is 260 g/mol. The third-order valence-electron chi connectivity index (χ3n) is 5.25. The quantitative estimate of drug-likeness (QED) is 0.810. The molecule has 3 N–H and O–H groups in total. The zero-order chi connectivity index (χ0) is 14.1. The Hall–Kier alpha value is -1.55. The minimum Gasteiger partial charge on any atom is -0.380 e. The van der Waals surface area contributed by atoms with E-state index in [1.54, 1.807) is 0 Å². The van der Waals surface area contributed by atoms with Gasteiger partial charge < -0.3 is 10.6 Å². The molecule has 2 aromatic rings. The number of anilines is 1. The number of hydrogen-bond acceptors (Lipinski definition) is 3. The second-order valence-corrected chi connectivity index (χ2v) is 6.54. The molecule has 4 nitrogen and oxygen atoms in total. The van der Waals surface area contributed by atoms with Crippen molar-refractivity contribution in [3.8, 4) is 0 Å². The third-order valence-corrected chi connectivity index (χ3v) is 5.25. The van der Waals surface area contributed by atoms with Gasteiger partial charge in [0.2, 0.25) is 0 Å². The molecule has 1 aromatic heterocycles. The Morgan fingerprint density at radius 1 is 1.10 bits per heavy atom. The summed E-state index contributed by atoms with van der Waals surface area (Å²) in [6.45, 7) is 1.20. The van der Waals surface area contributed by atoms with Crippen molar-refractivity contribution >= 4 is 16.6 Å². The summed E-state index contributed by atoms with van der Waals surface area (Å²) in [6.07, 6.45) is 9.96. The van der Waals surface area contributed by atoms with Gasteiger partial charge in [0.05, 0.1) is 17.4 Å². The molecule has 0 amide bonds. The van der Waals surface area contributed by atoms with Crippen molar-refractivity contribution < 1.29 is 0 Å². The summed E-state index contributed by atoms with van der Waals surface area (Å²) in [7, 11) is 0. The predicted molar refractivity (Wildman–Crippen MR) is 86.5 cm³/mol. The summed E-state index contributed by atoms with van der Waals surface area (Å²) in [6, 6.07) is 7.70. The van der Waals surface area contributed by atoms with E-state index in [-0.39, 0.29) is 0 Å². The second kappa shape index (κ2) is 5.68. The molecule has 3 unspecified atom stereocenters. The molecule has 1 saturated heterocycles. The molecule has 0 spiro atoms. The Labute approximate surface area is 125 Å². The van der Waals surface area contributed by atoms with Crippen LogP contribution in [0.15, 0.2) is 24.4 Å². The van der Waals surface area contributed by atoms with E-state index in [2.05, 4.69) is 39.0 Å². The molecule has 2 heterocycles. The lowest BCUT2D eigenvalue weighted by Crippen LogP contribution is -2.44. The smallest absolute Gasteiger partial charge is 0.0881 e. The lowest BCUT2D eigenvalue weighted by atomic mass is 9.88. The van der Waals surface area contributed by atoms with Gasteiger partial charge in [-0.15, -0.1) is 0 Å². The number of aromatic nitrogens is 2. The van der Waals surface area contributed by atoms with Crippen LogP contribution in [0.25, 0.3) is 10.9 Å². The maximum Gasteiger partial charge on any atom is 0.0881 e. The average molecular weight is 284 g/mol. The van der Waals surface area contributed by atoms with Crippen molar-refractivity contribution in [1.82, 2.24) is 15.5 Å². The van der Waals surface area contributed by atoms with Gasteiger partial charge in [-0.25, -0.2) is 0 Å². The number of nitrogens with one attached hydrogen (secondary N) is 3. The van der Waals surface area contributed by atoms with Gasteiger partial charge in [0.25, 0.3) is 0 Å². The highest BCUT2D eigenvalue weighted by Crippen LogP contribution is 2.34. The fraction of sp³-hybridized carbons (Fsp3) is 0.588. The fourth-order valence-electron chi connectivity index (χ4n) is 4.18. The molecule has 1 saturated carbocycles. The first-order valence-electron chi connectivity index (χ1n) is 8.34. The molecule has 21 heavy (non-hydrogen) atoms. The first kappa shape index (κ1) is 13.1. The normalized spacial score (nSPS) is 29.8. The first-order valence-corrected chi connectivity index (χ1v) is 8.34. The van der Waals surface area contributed by atoms with E-state index in [9.17, 15) is 0 Å². The van der Waals surface area contributed by atoms with Crippen LogP contribution in [0.1, 0.15) is 38.5 Å². The monoisotopic (exact) mass is 284 g/mol. The fourth-order valence-corrected chi connectivity index (χ4v) is 4.18. The van der Waals surface area contributed by atoms with Crippen molar-refractivity contribution in [3.63, 3.8) is 0 Å². The lowest BCUT2D eigenvalue weighted by Gasteiger charge is -2.33. The maximum absolute atomic E-state index is 4.17. The number of piperidine rings is 1. The maximum atomic E-state index is 4.17. The molecule has 2 fully saturated rings. The number of aromatic amines is 1. The van der Waals surface area contributed by atoms with E-state index in [0.717, 1.165) is 11.4 Å². The number of nitrogens with zero attached hydrogens (tertiary/aromatic N) is 1. The van der Waals surface area contributed by atoms with Crippen LogP contribution in [0.5, 0.6) is 0 Å². The van der Waals surface area contributed by atoms with Crippen molar-refractivity contribution in [3.05, 3.63) is 24.4 Å². The molecule has 1 aliphatic heterocycles. The highest BCUT2D eigenvalue weighted by atomic mass is 15.1. The van der Waals surface area contributed by atoms with E-state index in [1.807, 2.05) is 6.20 Å². The van der Waals surface area contributed by atoms with E-state index in [0.29, 0.717) is 12.1 Å². The Kier molecular flexibility index (Phi) is 3.55. The molecule has 0 radical (unpaired) electrons. The van der Waals surface area contributed by atoms with Crippen LogP contribution < -0.4 is 10.6 Å². The zero-order valence-corrected chi connectivity index (χ0v) is 12.4. The molecule has 0 bridgehead atoms. The van der Waals surface area contributed by atoms with Gasteiger partial charge in [0.15, 0.2) is 0 Å². The topological polar surface area (TPSA) is 52.7 Å². The molecular formula is C17H24N4. The van der Waals surface area contributed by atoms with E-state index in [4.69, 9.17) is 0 Å². The second-order valence-electron chi connectivity index (χ2n) is 6.54. The van der Waals surface area contributed by atoms with Crippen LogP contribution in [0, 0.1) is 5.92 Å². The molecule has 4 rings (SSSR count). The number of benzene rings is 1. The van der Waals surface area contributed by atoms with Crippen LogP contribution >= 0.6 is 0 Å². The number of fused-ring (bicyclic) bond motifs is 1. The van der Waals surface area contributed by atoms with E-state index >= 15 is 0 Å². The number of para-hydroxylation sites is 1. The van der Waals surface area contributed by atoms with Gasteiger partial charge in [-0.05, 0) is 44.2 Å². The van der Waals surface area contributed by atoms with Crippen LogP contribution in [0.2, 0.25) is 0 Å². The van der Waals surface area contributed by atoms with Crippen LogP contribution in [0.4, 0.5) is 5.69 Å². The van der Waals surface area contributed by atoms with Gasteiger partial charge in [-0.3, -0.25) is 5.10 Å². The van der Waals surface area contributed by atoms with E-state index < -0.39 is 0 Å². The Morgan fingerprint density at radius 2 is 2.10 bits per heavy atom. The Balaban J connectivity index is 1.54. The summed E-state index contributed by atoms with van der Waals surface area (Å²) in [5, 5.41) is 16.0. The zero-order valence-electron chi connectivity index (χ0n) is 12.4. The van der Waals surface area contributed by atoms with Crippen molar-refractivity contribution in [2.75, 3.05) is 11.9 Å². The highest BCUT2D eigenvalue weighted by Gasteiger charge is 2.34. The van der Waals surface area contributed by atoms with Gasteiger partial charge in [-0.1, -0.05) is 25.0 Å². The van der Waals surface area contributed by atoms with Gasteiger partial charge in [0.1, 0.15) is 0 Å². The Morgan fingerprint density at radius 3 is 3.00 bits per heavy atom. The largest absolute Gasteiger partial charge is 0.380 e. The highest BCUT2D eigenvalue weighted by molar-refractivity contribution is 5.90. The van der Waals surface area contributed by atoms with Crippen molar-refractivity contribution in [1.29, 1.82) is 0 Å². The average Bonchev–Trinajstić information content (AvgIpc) is 3.17. The Bertz CT molecular complexity index is 600.